The van der Waals surface area contributed by atoms with E-state index in [1.54, 1.807) is 19.2 Å². The van der Waals surface area contributed by atoms with Crippen molar-refractivity contribution in [1.29, 1.82) is 0 Å². The summed E-state index contributed by atoms with van der Waals surface area (Å²) >= 11 is 5.98. The average molecular weight is 277 g/mol. The predicted molar refractivity (Wildman–Crippen MR) is 77.8 cm³/mol. The first kappa shape index (κ1) is 13.9. The number of halogens is 1. The molecule has 0 fully saturated rings. The maximum absolute atomic E-state index is 10.3. The lowest BCUT2D eigenvalue weighted by Gasteiger charge is -2.13. The molecule has 0 radical (unpaired) electrons. The van der Waals surface area contributed by atoms with Gasteiger partial charge in [0.1, 0.15) is 5.75 Å². The van der Waals surface area contributed by atoms with Crippen molar-refractivity contribution >= 4 is 11.6 Å². The fourth-order valence-corrected chi connectivity index (χ4v) is 2.26. The molecule has 0 saturated heterocycles. The van der Waals surface area contributed by atoms with Crippen molar-refractivity contribution in [2.75, 3.05) is 7.11 Å². The van der Waals surface area contributed by atoms with Gasteiger partial charge in [0, 0.05) is 6.42 Å². The summed E-state index contributed by atoms with van der Waals surface area (Å²) in [7, 11) is 1.57. The Morgan fingerprint density at radius 1 is 1.21 bits per heavy atom. The molecule has 0 aliphatic rings. The zero-order valence-electron chi connectivity index (χ0n) is 11.1. The van der Waals surface area contributed by atoms with Gasteiger partial charge in [-0.2, -0.15) is 0 Å². The topological polar surface area (TPSA) is 29.5 Å². The Labute approximate surface area is 118 Å². The first-order chi connectivity index (χ1) is 9.10. The van der Waals surface area contributed by atoms with E-state index in [1.807, 2.05) is 31.2 Å². The second-order valence-corrected chi connectivity index (χ2v) is 5.01. The average Bonchev–Trinajstić information content (AvgIpc) is 2.39. The van der Waals surface area contributed by atoms with Crippen LogP contribution in [-0.2, 0) is 6.42 Å². The lowest BCUT2D eigenvalue weighted by Crippen LogP contribution is -2.02. The number of rotatable bonds is 4. The van der Waals surface area contributed by atoms with Gasteiger partial charge in [-0.25, -0.2) is 0 Å². The maximum Gasteiger partial charge on any atom is 0.137 e. The van der Waals surface area contributed by atoms with E-state index in [2.05, 4.69) is 6.07 Å². The summed E-state index contributed by atoms with van der Waals surface area (Å²) in [6, 6.07) is 13.5. The highest BCUT2D eigenvalue weighted by molar-refractivity contribution is 6.32. The van der Waals surface area contributed by atoms with Crippen LogP contribution in [0.5, 0.6) is 5.75 Å². The van der Waals surface area contributed by atoms with Crippen molar-refractivity contribution in [2.45, 2.75) is 19.4 Å². The second-order valence-electron chi connectivity index (χ2n) is 4.60. The zero-order chi connectivity index (χ0) is 13.8. The Bertz CT molecular complexity index is 566. The summed E-state index contributed by atoms with van der Waals surface area (Å²) in [6.45, 7) is 2.04. The summed E-state index contributed by atoms with van der Waals surface area (Å²) in [5.74, 6) is 0.586. The number of hydrogen-bond donors (Lipinski definition) is 1. The van der Waals surface area contributed by atoms with Crippen LogP contribution < -0.4 is 4.74 Å². The summed E-state index contributed by atoms with van der Waals surface area (Å²) in [4.78, 5) is 0. The number of aliphatic hydroxyl groups excluding tert-OH is 1. The smallest absolute Gasteiger partial charge is 0.137 e. The molecule has 0 heterocycles. The number of aliphatic hydroxyl groups is 1. The number of ether oxygens (including phenoxy) is 1. The van der Waals surface area contributed by atoms with E-state index >= 15 is 0 Å². The van der Waals surface area contributed by atoms with Gasteiger partial charge in [0.15, 0.2) is 0 Å². The molecule has 2 rings (SSSR count). The standard InChI is InChI=1S/C16H17ClO2/c1-11-4-3-5-12(8-11)9-15(18)13-6-7-14(17)16(10-13)19-2/h3-8,10,15,18H,9H2,1-2H3. The van der Waals surface area contributed by atoms with E-state index in [4.69, 9.17) is 16.3 Å². The fourth-order valence-electron chi connectivity index (χ4n) is 2.06. The molecule has 2 aromatic carbocycles. The van der Waals surface area contributed by atoms with Crippen LogP contribution in [0.1, 0.15) is 22.8 Å². The van der Waals surface area contributed by atoms with Crippen LogP contribution >= 0.6 is 11.6 Å². The van der Waals surface area contributed by atoms with Crippen LogP contribution in [0.15, 0.2) is 42.5 Å². The quantitative estimate of drug-likeness (QED) is 0.917. The lowest BCUT2D eigenvalue weighted by atomic mass is 10.00. The van der Waals surface area contributed by atoms with Gasteiger partial charge in [-0.3, -0.25) is 0 Å². The van der Waals surface area contributed by atoms with Gasteiger partial charge in [0.25, 0.3) is 0 Å². The van der Waals surface area contributed by atoms with E-state index in [9.17, 15) is 5.11 Å². The minimum absolute atomic E-state index is 0.550. The summed E-state index contributed by atoms with van der Waals surface area (Å²) in [5, 5.41) is 10.8. The molecule has 0 spiro atoms. The van der Waals surface area contributed by atoms with Gasteiger partial charge in [-0.15, -0.1) is 0 Å². The molecule has 0 saturated carbocycles. The number of hydrogen-bond acceptors (Lipinski definition) is 2. The molecule has 2 aromatic rings. The van der Waals surface area contributed by atoms with Crippen LogP contribution in [0.2, 0.25) is 5.02 Å². The molecule has 0 bridgehead atoms. The van der Waals surface area contributed by atoms with Crippen LogP contribution in [0.25, 0.3) is 0 Å². The normalized spacial score (nSPS) is 12.2. The molecule has 2 nitrogen and oxygen atoms in total. The fraction of sp³-hybridized carbons (Fsp3) is 0.250. The summed E-state index contributed by atoms with van der Waals surface area (Å²) < 4.78 is 5.16. The largest absolute Gasteiger partial charge is 0.495 e. The van der Waals surface area contributed by atoms with E-state index < -0.39 is 6.10 Å². The third-order valence-corrected chi connectivity index (χ3v) is 3.38. The van der Waals surface area contributed by atoms with Crippen LogP contribution in [0, 0.1) is 6.92 Å². The highest BCUT2D eigenvalue weighted by Crippen LogP contribution is 2.29. The third kappa shape index (κ3) is 3.49. The molecule has 3 heteroatoms. The van der Waals surface area contributed by atoms with Gasteiger partial charge in [-0.1, -0.05) is 47.5 Å². The Morgan fingerprint density at radius 2 is 2.00 bits per heavy atom. The highest BCUT2D eigenvalue weighted by atomic mass is 35.5. The Kier molecular flexibility index (Phi) is 4.46. The molecule has 0 aromatic heterocycles. The Balaban J connectivity index is 2.18. The summed E-state index contributed by atoms with van der Waals surface area (Å²) in [5.41, 5.74) is 3.11. The molecular weight excluding hydrogens is 260 g/mol. The molecule has 0 aliphatic heterocycles. The first-order valence-corrected chi connectivity index (χ1v) is 6.55. The molecule has 100 valence electrons. The van der Waals surface area contributed by atoms with Crippen molar-refractivity contribution in [3.05, 3.63) is 64.2 Å². The van der Waals surface area contributed by atoms with Crippen LogP contribution in [0.4, 0.5) is 0 Å². The van der Waals surface area contributed by atoms with Crippen molar-refractivity contribution < 1.29 is 9.84 Å². The molecule has 0 aliphatic carbocycles. The van der Waals surface area contributed by atoms with Crippen LogP contribution in [-0.4, -0.2) is 12.2 Å². The van der Waals surface area contributed by atoms with Gasteiger partial charge < -0.3 is 9.84 Å². The van der Waals surface area contributed by atoms with Gasteiger partial charge in [0.05, 0.1) is 18.2 Å². The van der Waals surface area contributed by atoms with Gasteiger partial charge in [-0.05, 0) is 30.2 Å². The van der Waals surface area contributed by atoms with E-state index in [1.165, 1.54) is 5.56 Å². The first-order valence-electron chi connectivity index (χ1n) is 6.17. The Morgan fingerprint density at radius 3 is 2.68 bits per heavy atom. The predicted octanol–water partition coefficient (Wildman–Crippen LogP) is 3.93. The molecule has 1 atom stereocenters. The van der Waals surface area contributed by atoms with E-state index in [0.29, 0.717) is 17.2 Å². The van der Waals surface area contributed by atoms with E-state index in [0.717, 1.165) is 11.1 Å². The minimum Gasteiger partial charge on any atom is -0.495 e. The lowest BCUT2D eigenvalue weighted by molar-refractivity contribution is 0.178. The number of methoxy groups -OCH3 is 1. The highest BCUT2D eigenvalue weighted by Gasteiger charge is 2.11. The number of aryl methyl sites for hydroxylation is 1. The molecule has 1 N–H and O–H groups in total. The number of benzene rings is 2. The van der Waals surface area contributed by atoms with E-state index in [-0.39, 0.29) is 0 Å². The maximum atomic E-state index is 10.3. The molecule has 19 heavy (non-hydrogen) atoms. The van der Waals surface area contributed by atoms with Crippen molar-refractivity contribution in [1.82, 2.24) is 0 Å². The third-order valence-electron chi connectivity index (χ3n) is 3.07. The van der Waals surface area contributed by atoms with Crippen molar-refractivity contribution in [2.24, 2.45) is 0 Å². The zero-order valence-corrected chi connectivity index (χ0v) is 11.8. The molecule has 1 unspecified atom stereocenters. The minimum atomic E-state index is -0.562. The Hall–Kier alpha value is -1.51. The SMILES string of the molecule is COc1cc(C(O)Cc2cccc(C)c2)ccc1Cl. The molecule has 0 amide bonds. The summed E-state index contributed by atoms with van der Waals surface area (Å²) in [6.07, 6.45) is 0.0138. The van der Waals surface area contributed by atoms with Gasteiger partial charge in [0.2, 0.25) is 0 Å². The second kappa shape index (κ2) is 6.09. The molecular formula is C16H17ClO2. The van der Waals surface area contributed by atoms with Crippen molar-refractivity contribution in [3.8, 4) is 5.75 Å². The van der Waals surface area contributed by atoms with Crippen molar-refractivity contribution in [3.63, 3.8) is 0 Å². The van der Waals surface area contributed by atoms with Crippen LogP contribution in [0.3, 0.4) is 0 Å². The monoisotopic (exact) mass is 276 g/mol. The van der Waals surface area contributed by atoms with Gasteiger partial charge >= 0.3 is 0 Å².